The van der Waals surface area contributed by atoms with Gasteiger partial charge in [0.15, 0.2) is 0 Å². The molecule has 2 rings (SSSR count). The molecule has 0 radical (unpaired) electrons. The average Bonchev–Trinajstić information content (AvgIpc) is 2.62. The lowest BCUT2D eigenvalue weighted by atomic mass is 10.1. The Bertz CT molecular complexity index is 750. The van der Waals surface area contributed by atoms with Crippen molar-refractivity contribution in [2.75, 3.05) is 12.3 Å². The first-order chi connectivity index (χ1) is 12.5. The number of benzene rings is 2. The van der Waals surface area contributed by atoms with Crippen LogP contribution in [0.1, 0.15) is 29.3 Å². The summed E-state index contributed by atoms with van der Waals surface area (Å²) >= 11 is 1.61. The third kappa shape index (κ3) is 6.52. The van der Waals surface area contributed by atoms with Crippen LogP contribution in [-0.4, -0.2) is 30.2 Å². The molecule has 0 aliphatic carbocycles. The number of hydrogen-bond acceptors (Lipinski definition) is 3. The van der Waals surface area contributed by atoms with Crippen molar-refractivity contribution in [3.8, 4) is 0 Å². The summed E-state index contributed by atoms with van der Waals surface area (Å²) in [4.78, 5) is 25.2. The number of aryl methyl sites for hydroxylation is 1. The number of rotatable bonds is 8. The first-order valence-electron chi connectivity index (χ1n) is 8.49. The van der Waals surface area contributed by atoms with E-state index in [-0.39, 0.29) is 17.6 Å². The van der Waals surface area contributed by atoms with Crippen molar-refractivity contribution in [2.45, 2.75) is 31.2 Å². The molecule has 4 nitrogen and oxygen atoms in total. The Labute approximate surface area is 157 Å². The summed E-state index contributed by atoms with van der Waals surface area (Å²) in [6.07, 6.45) is 0.784. The Kier molecular flexibility index (Phi) is 7.66. The second-order valence-electron chi connectivity index (χ2n) is 6.01. The van der Waals surface area contributed by atoms with E-state index in [1.807, 2.05) is 19.1 Å². The molecule has 0 aliphatic heterocycles. The van der Waals surface area contributed by atoms with Crippen LogP contribution in [0.3, 0.4) is 0 Å². The first-order valence-corrected chi connectivity index (χ1v) is 9.48. The molecule has 0 saturated heterocycles. The van der Waals surface area contributed by atoms with E-state index < -0.39 is 6.04 Å². The van der Waals surface area contributed by atoms with Gasteiger partial charge in [-0.3, -0.25) is 9.59 Å². The summed E-state index contributed by atoms with van der Waals surface area (Å²) in [5.41, 5.74) is 1.54. The van der Waals surface area contributed by atoms with E-state index in [0.29, 0.717) is 12.1 Å². The molecular weight excluding hydrogens is 351 g/mol. The van der Waals surface area contributed by atoms with Gasteiger partial charge < -0.3 is 10.6 Å². The van der Waals surface area contributed by atoms with Crippen LogP contribution in [0.25, 0.3) is 0 Å². The molecule has 26 heavy (non-hydrogen) atoms. The molecule has 2 aromatic carbocycles. The molecule has 0 aromatic heterocycles. The zero-order chi connectivity index (χ0) is 18.9. The summed E-state index contributed by atoms with van der Waals surface area (Å²) in [6, 6.07) is 13.0. The van der Waals surface area contributed by atoms with Gasteiger partial charge in [-0.25, -0.2) is 4.39 Å². The van der Waals surface area contributed by atoms with Crippen molar-refractivity contribution in [3.63, 3.8) is 0 Å². The van der Waals surface area contributed by atoms with Crippen molar-refractivity contribution in [3.05, 3.63) is 65.5 Å². The zero-order valence-corrected chi connectivity index (χ0v) is 15.7. The van der Waals surface area contributed by atoms with E-state index in [1.54, 1.807) is 43.0 Å². The number of thioether (sulfide) groups is 1. The normalized spacial score (nSPS) is 11.7. The third-order valence-corrected chi connectivity index (χ3v) is 4.82. The quantitative estimate of drug-likeness (QED) is 0.549. The van der Waals surface area contributed by atoms with Gasteiger partial charge in [0.05, 0.1) is 0 Å². The molecule has 0 aliphatic rings. The number of carbonyl (C=O) groups excluding carboxylic acids is 2. The van der Waals surface area contributed by atoms with Crippen LogP contribution < -0.4 is 10.6 Å². The smallest absolute Gasteiger partial charge is 0.251 e. The summed E-state index contributed by atoms with van der Waals surface area (Å²) in [5, 5.41) is 5.52. The second-order valence-corrected chi connectivity index (χ2v) is 7.18. The molecule has 1 atom stereocenters. The summed E-state index contributed by atoms with van der Waals surface area (Å²) in [7, 11) is 0. The van der Waals surface area contributed by atoms with Crippen LogP contribution >= 0.6 is 11.8 Å². The van der Waals surface area contributed by atoms with Gasteiger partial charge in [-0.1, -0.05) is 17.7 Å². The fraction of sp³-hybridized carbons (Fsp3) is 0.300. The third-order valence-electron chi connectivity index (χ3n) is 3.72. The largest absolute Gasteiger partial charge is 0.354 e. The van der Waals surface area contributed by atoms with Gasteiger partial charge in [0.2, 0.25) is 5.91 Å². The van der Waals surface area contributed by atoms with E-state index in [4.69, 9.17) is 0 Å². The fourth-order valence-corrected chi connectivity index (χ4v) is 3.14. The van der Waals surface area contributed by atoms with Gasteiger partial charge in [-0.15, -0.1) is 11.8 Å². The van der Waals surface area contributed by atoms with Crippen molar-refractivity contribution in [1.82, 2.24) is 10.6 Å². The molecular formula is C20H23FN2O2S. The first kappa shape index (κ1) is 20.0. The van der Waals surface area contributed by atoms with E-state index in [2.05, 4.69) is 10.6 Å². The highest BCUT2D eigenvalue weighted by molar-refractivity contribution is 7.99. The van der Waals surface area contributed by atoms with E-state index in [9.17, 15) is 14.0 Å². The molecule has 2 amide bonds. The minimum Gasteiger partial charge on any atom is -0.354 e. The average molecular weight is 374 g/mol. The highest BCUT2D eigenvalue weighted by Gasteiger charge is 2.16. The number of hydrogen-bond donors (Lipinski definition) is 2. The van der Waals surface area contributed by atoms with Crippen molar-refractivity contribution in [1.29, 1.82) is 0 Å². The highest BCUT2D eigenvalue weighted by atomic mass is 32.2. The van der Waals surface area contributed by atoms with Gasteiger partial charge in [-0.2, -0.15) is 0 Å². The minimum atomic E-state index is -0.604. The van der Waals surface area contributed by atoms with Crippen LogP contribution in [0.15, 0.2) is 53.4 Å². The molecule has 1 unspecified atom stereocenters. The topological polar surface area (TPSA) is 58.2 Å². The van der Waals surface area contributed by atoms with Crippen molar-refractivity contribution in [2.24, 2.45) is 0 Å². The molecule has 0 heterocycles. The molecule has 138 valence electrons. The minimum absolute atomic E-state index is 0.210. The van der Waals surface area contributed by atoms with E-state index in [1.165, 1.54) is 12.1 Å². The SMILES string of the molecule is Cc1cccc(C(=O)NC(C)C(=O)NCCCSc2ccc(F)cc2)c1. The van der Waals surface area contributed by atoms with Crippen LogP contribution in [0, 0.1) is 12.7 Å². The molecule has 6 heteroatoms. The monoisotopic (exact) mass is 374 g/mol. The Morgan fingerprint density at radius 1 is 1.15 bits per heavy atom. The molecule has 0 bridgehead atoms. The van der Waals surface area contributed by atoms with Crippen molar-refractivity contribution >= 4 is 23.6 Å². The Morgan fingerprint density at radius 3 is 2.58 bits per heavy atom. The highest BCUT2D eigenvalue weighted by Crippen LogP contribution is 2.18. The zero-order valence-electron chi connectivity index (χ0n) is 14.9. The Balaban J connectivity index is 1.67. The summed E-state index contributed by atoms with van der Waals surface area (Å²) < 4.78 is 12.8. The lowest BCUT2D eigenvalue weighted by molar-refractivity contribution is -0.122. The number of nitrogens with one attached hydrogen (secondary N) is 2. The van der Waals surface area contributed by atoms with E-state index in [0.717, 1.165) is 22.6 Å². The van der Waals surface area contributed by atoms with Gasteiger partial charge in [0, 0.05) is 17.0 Å². The van der Waals surface area contributed by atoms with Crippen LogP contribution in [-0.2, 0) is 4.79 Å². The molecule has 0 spiro atoms. The fourth-order valence-electron chi connectivity index (χ4n) is 2.29. The Morgan fingerprint density at radius 2 is 1.88 bits per heavy atom. The predicted molar refractivity (Wildman–Crippen MR) is 103 cm³/mol. The molecule has 0 saturated carbocycles. The van der Waals surface area contributed by atoms with Gasteiger partial charge in [0.1, 0.15) is 11.9 Å². The maximum atomic E-state index is 12.8. The summed E-state index contributed by atoms with van der Waals surface area (Å²) in [6.45, 7) is 4.10. The number of halogens is 1. The van der Waals surface area contributed by atoms with Crippen LogP contribution in [0.4, 0.5) is 4.39 Å². The molecule has 2 aromatic rings. The van der Waals surface area contributed by atoms with Crippen molar-refractivity contribution < 1.29 is 14.0 Å². The van der Waals surface area contributed by atoms with Gasteiger partial charge >= 0.3 is 0 Å². The van der Waals surface area contributed by atoms with Gasteiger partial charge in [0.25, 0.3) is 5.91 Å². The molecule has 2 N–H and O–H groups in total. The Hall–Kier alpha value is -2.34. The maximum Gasteiger partial charge on any atom is 0.251 e. The second kappa shape index (κ2) is 9.97. The molecule has 0 fully saturated rings. The maximum absolute atomic E-state index is 12.8. The van der Waals surface area contributed by atoms with Crippen LogP contribution in [0.5, 0.6) is 0 Å². The lowest BCUT2D eigenvalue weighted by Gasteiger charge is -2.14. The number of amides is 2. The number of carbonyl (C=O) groups is 2. The van der Waals surface area contributed by atoms with Gasteiger partial charge in [-0.05, 0) is 62.4 Å². The predicted octanol–water partition coefficient (Wildman–Crippen LogP) is 3.55. The van der Waals surface area contributed by atoms with Crippen LogP contribution in [0.2, 0.25) is 0 Å². The van der Waals surface area contributed by atoms with E-state index >= 15 is 0 Å². The lowest BCUT2D eigenvalue weighted by Crippen LogP contribution is -2.45. The summed E-state index contributed by atoms with van der Waals surface area (Å²) in [5.74, 6) is 0.0972. The standard InChI is InChI=1S/C20H23FN2O2S/c1-14-5-3-6-16(13-14)20(25)23-15(2)19(24)22-11-4-12-26-18-9-7-17(21)8-10-18/h3,5-10,13,15H,4,11-12H2,1-2H3,(H,22,24)(H,23,25).